The molecule has 1 aromatic carbocycles. The van der Waals surface area contributed by atoms with Crippen LogP contribution in [0.25, 0.3) is 0 Å². The van der Waals surface area contributed by atoms with Gasteiger partial charge in [0.05, 0.1) is 5.56 Å². The molecule has 1 heterocycles. The number of nitrogens with zero attached hydrogens (tertiary/aromatic N) is 3. The fraction of sp³-hybridized carbons (Fsp3) is 0.308. The fourth-order valence-corrected chi connectivity index (χ4v) is 1.54. The molecule has 0 aliphatic rings. The first-order valence-electron chi connectivity index (χ1n) is 6.12. The van der Waals surface area contributed by atoms with Gasteiger partial charge in [-0.1, -0.05) is 5.10 Å². The highest BCUT2D eigenvalue weighted by Crippen LogP contribution is 2.16. The number of likely N-dealkylation sites (N-methyl/N-ethyl adjacent to an activating group) is 1. The Kier molecular flexibility index (Phi) is 4.31. The molecule has 7 heteroatoms. The second-order valence-electron chi connectivity index (χ2n) is 4.56. The van der Waals surface area contributed by atoms with Crippen molar-refractivity contribution >= 4 is 17.7 Å². The average molecular weight is 276 g/mol. The van der Waals surface area contributed by atoms with Crippen LogP contribution >= 0.6 is 0 Å². The van der Waals surface area contributed by atoms with Gasteiger partial charge in [-0.3, -0.25) is 0 Å². The average Bonchev–Trinajstić information content (AvgIpc) is 2.84. The van der Waals surface area contributed by atoms with Crippen molar-refractivity contribution in [2.45, 2.75) is 6.42 Å². The van der Waals surface area contributed by atoms with Crippen molar-refractivity contribution in [1.82, 2.24) is 15.1 Å². The molecule has 106 valence electrons. The Morgan fingerprint density at radius 1 is 1.30 bits per heavy atom. The lowest BCUT2D eigenvalue weighted by Crippen LogP contribution is -2.15. The Hall–Kier alpha value is -2.41. The van der Waals surface area contributed by atoms with Gasteiger partial charge in [-0.15, -0.1) is 5.10 Å². The number of carbonyl (C=O) groups is 1. The molecular weight excluding hydrogens is 260 g/mol. The van der Waals surface area contributed by atoms with E-state index < -0.39 is 5.97 Å². The van der Waals surface area contributed by atoms with Crippen molar-refractivity contribution in [1.29, 1.82) is 0 Å². The molecule has 0 saturated carbocycles. The lowest BCUT2D eigenvalue weighted by atomic mass is 10.2. The van der Waals surface area contributed by atoms with Gasteiger partial charge in [0.2, 0.25) is 5.89 Å². The lowest BCUT2D eigenvalue weighted by Gasteiger charge is -2.05. The van der Waals surface area contributed by atoms with Crippen LogP contribution in [-0.4, -0.2) is 46.8 Å². The van der Waals surface area contributed by atoms with Gasteiger partial charge in [-0.2, -0.15) is 0 Å². The number of hydrogen-bond donors (Lipinski definition) is 2. The number of carboxylic acid groups (broad SMARTS) is 1. The standard InChI is InChI=1S/C13H16N4O3/c1-17(2)8-7-11-15-16-13(20-11)14-10-5-3-9(4-6-10)12(18)19/h3-6H,7-8H2,1-2H3,(H,14,16)(H,18,19). The molecule has 20 heavy (non-hydrogen) atoms. The molecule has 0 saturated heterocycles. The molecule has 2 N–H and O–H groups in total. The van der Waals surface area contributed by atoms with E-state index in [1.807, 2.05) is 19.0 Å². The second kappa shape index (κ2) is 6.16. The minimum Gasteiger partial charge on any atom is -0.478 e. The van der Waals surface area contributed by atoms with Crippen molar-refractivity contribution in [3.8, 4) is 0 Å². The molecule has 0 amide bonds. The van der Waals surface area contributed by atoms with Gasteiger partial charge in [0.25, 0.3) is 0 Å². The highest BCUT2D eigenvalue weighted by Gasteiger charge is 2.07. The number of hydrogen-bond acceptors (Lipinski definition) is 6. The monoisotopic (exact) mass is 276 g/mol. The van der Waals surface area contributed by atoms with Crippen LogP contribution in [0.15, 0.2) is 28.7 Å². The van der Waals surface area contributed by atoms with Gasteiger partial charge in [0.15, 0.2) is 0 Å². The maximum absolute atomic E-state index is 10.7. The van der Waals surface area contributed by atoms with Crippen molar-refractivity contribution in [3.05, 3.63) is 35.7 Å². The molecule has 7 nitrogen and oxygen atoms in total. The topological polar surface area (TPSA) is 91.5 Å². The summed E-state index contributed by atoms with van der Waals surface area (Å²) in [5.41, 5.74) is 0.922. The molecule has 0 spiro atoms. The van der Waals surface area contributed by atoms with Crippen LogP contribution < -0.4 is 5.32 Å². The molecule has 2 rings (SSSR count). The van der Waals surface area contributed by atoms with Crippen LogP contribution in [0.1, 0.15) is 16.2 Å². The van der Waals surface area contributed by atoms with Gasteiger partial charge < -0.3 is 19.7 Å². The third kappa shape index (κ3) is 3.79. The summed E-state index contributed by atoms with van der Waals surface area (Å²) in [6.45, 7) is 0.828. The molecule has 0 bridgehead atoms. The second-order valence-corrected chi connectivity index (χ2v) is 4.56. The summed E-state index contributed by atoms with van der Waals surface area (Å²) in [5, 5.41) is 19.6. The van der Waals surface area contributed by atoms with Crippen molar-refractivity contribution in [3.63, 3.8) is 0 Å². The minimum absolute atomic E-state index is 0.229. The molecule has 1 aromatic heterocycles. The summed E-state index contributed by atoms with van der Waals surface area (Å²) in [5.74, 6) is -0.399. The smallest absolute Gasteiger partial charge is 0.335 e. The van der Waals surface area contributed by atoms with Crippen molar-refractivity contribution < 1.29 is 14.3 Å². The van der Waals surface area contributed by atoms with Crippen LogP contribution in [0.2, 0.25) is 0 Å². The maximum Gasteiger partial charge on any atom is 0.335 e. The first kappa shape index (κ1) is 14.0. The van der Waals surface area contributed by atoms with E-state index in [-0.39, 0.29) is 5.56 Å². The van der Waals surface area contributed by atoms with Gasteiger partial charge in [-0.25, -0.2) is 4.79 Å². The summed E-state index contributed by atoms with van der Waals surface area (Å²) < 4.78 is 5.44. The maximum atomic E-state index is 10.7. The zero-order valence-corrected chi connectivity index (χ0v) is 11.3. The number of aromatic carboxylic acids is 1. The quantitative estimate of drug-likeness (QED) is 0.828. The first-order chi connectivity index (χ1) is 9.54. The number of rotatable bonds is 6. The summed E-state index contributed by atoms with van der Waals surface area (Å²) >= 11 is 0. The lowest BCUT2D eigenvalue weighted by molar-refractivity contribution is 0.0697. The number of benzene rings is 1. The molecule has 0 fully saturated rings. The Bertz CT molecular complexity index is 578. The zero-order chi connectivity index (χ0) is 14.5. The Balaban J connectivity index is 1.97. The predicted molar refractivity (Wildman–Crippen MR) is 73.2 cm³/mol. The summed E-state index contributed by atoms with van der Waals surface area (Å²) in [7, 11) is 3.94. The van der Waals surface area contributed by atoms with Crippen molar-refractivity contribution in [2.24, 2.45) is 0 Å². The molecule has 0 aliphatic heterocycles. The first-order valence-corrected chi connectivity index (χ1v) is 6.12. The number of carboxylic acids is 1. The van der Waals surface area contributed by atoms with E-state index in [2.05, 4.69) is 15.5 Å². The summed E-state index contributed by atoms with van der Waals surface area (Å²) in [6, 6.07) is 6.60. The van der Waals surface area contributed by atoms with Gasteiger partial charge in [0.1, 0.15) is 0 Å². The molecular formula is C13H16N4O3. The molecule has 2 aromatic rings. The van der Waals surface area contributed by atoms with E-state index in [4.69, 9.17) is 9.52 Å². The minimum atomic E-state index is -0.958. The Labute approximate surface area is 116 Å². The normalized spacial score (nSPS) is 10.8. The van der Waals surface area contributed by atoms with Crippen molar-refractivity contribution in [2.75, 3.05) is 26.0 Å². The Morgan fingerprint density at radius 3 is 2.60 bits per heavy atom. The number of aromatic nitrogens is 2. The van der Waals surface area contributed by atoms with E-state index in [1.54, 1.807) is 12.1 Å². The van der Waals surface area contributed by atoms with Crippen LogP contribution in [0.5, 0.6) is 0 Å². The highest BCUT2D eigenvalue weighted by atomic mass is 16.4. The van der Waals surface area contributed by atoms with E-state index in [0.717, 1.165) is 6.54 Å². The molecule has 0 atom stereocenters. The number of nitrogens with one attached hydrogen (secondary N) is 1. The van der Waals surface area contributed by atoms with Gasteiger partial charge in [0, 0.05) is 18.7 Å². The van der Waals surface area contributed by atoms with E-state index in [1.165, 1.54) is 12.1 Å². The molecule has 0 unspecified atom stereocenters. The summed E-state index contributed by atoms with van der Waals surface area (Å²) in [4.78, 5) is 12.8. The third-order valence-electron chi connectivity index (χ3n) is 2.62. The zero-order valence-electron chi connectivity index (χ0n) is 11.3. The molecule has 0 radical (unpaired) electrons. The van der Waals surface area contributed by atoms with Gasteiger partial charge in [-0.05, 0) is 38.4 Å². The van der Waals surface area contributed by atoms with Crippen LogP contribution in [0, 0.1) is 0 Å². The highest BCUT2D eigenvalue weighted by molar-refractivity contribution is 5.88. The van der Waals surface area contributed by atoms with Crippen LogP contribution in [-0.2, 0) is 6.42 Å². The van der Waals surface area contributed by atoms with E-state index >= 15 is 0 Å². The predicted octanol–water partition coefficient (Wildman–Crippen LogP) is 1.62. The fourth-order valence-electron chi connectivity index (χ4n) is 1.54. The van der Waals surface area contributed by atoms with E-state index in [9.17, 15) is 4.79 Å². The third-order valence-corrected chi connectivity index (χ3v) is 2.62. The van der Waals surface area contributed by atoms with Crippen LogP contribution in [0.4, 0.5) is 11.7 Å². The SMILES string of the molecule is CN(C)CCc1nnc(Nc2ccc(C(=O)O)cc2)o1. The van der Waals surface area contributed by atoms with Gasteiger partial charge >= 0.3 is 12.0 Å². The Morgan fingerprint density at radius 2 is 2.00 bits per heavy atom. The van der Waals surface area contributed by atoms with Crippen LogP contribution in [0.3, 0.4) is 0 Å². The summed E-state index contributed by atoms with van der Waals surface area (Å²) in [6.07, 6.45) is 0.680. The number of anilines is 2. The largest absolute Gasteiger partial charge is 0.478 e. The van der Waals surface area contributed by atoms with E-state index in [0.29, 0.717) is 24.0 Å². The molecule has 0 aliphatic carbocycles.